The number of hydrogen-bond donors (Lipinski definition) is 0. The van der Waals surface area contributed by atoms with Gasteiger partial charge >= 0.3 is 6.40 Å². The van der Waals surface area contributed by atoms with Crippen LogP contribution in [0.3, 0.4) is 0 Å². The number of benzene rings is 2. The molecule has 1 heterocycles. The van der Waals surface area contributed by atoms with Crippen LogP contribution in [-0.2, 0) is 6.42 Å². The topological polar surface area (TPSA) is 12.2 Å². The molecule has 0 aromatic heterocycles. The van der Waals surface area contributed by atoms with Gasteiger partial charge in [0.15, 0.2) is 6.54 Å². The highest BCUT2D eigenvalue weighted by Gasteiger charge is 2.23. The second-order valence-electron chi connectivity index (χ2n) is 6.87. The molecular formula is C21H26ClNO. The number of nitrogens with zero attached hydrogens (tertiary/aromatic N) is 1. The molecule has 0 amide bonds. The first-order valence-corrected chi connectivity index (χ1v) is 8.55. The van der Waals surface area contributed by atoms with Crippen molar-refractivity contribution in [3.63, 3.8) is 0 Å². The van der Waals surface area contributed by atoms with Crippen molar-refractivity contribution >= 4 is 12.1 Å². The van der Waals surface area contributed by atoms with Crippen LogP contribution in [0.5, 0.6) is 5.75 Å². The van der Waals surface area contributed by atoms with Gasteiger partial charge in [-0.25, -0.2) is 0 Å². The van der Waals surface area contributed by atoms with Gasteiger partial charge in [-0.05, 0) is 23.0 Å². The highest BCUT2D eigenvalue weighted by atomic mass is 35.5. The Hall–Kier alpha value is -1.80. The molecule has 2 nitrogen and oxygen atoms in total. The number of para-hydroxylation sites is 2. The Kier molecular flexibility index (Phi) is 6.06. The first-order valence-electron chi connectivity index (χ1n) is 8.55. The first kappa shape index (κ1) is 18.5. The molecule has 128 valence electrons. The summed E-state index contributed by atoms with van der Waals surface area (Å²) < 4.78 is 8.45. The molecule has 0 spiro atoms. The molecule has 0 saturated heterocycles. The molecule has 3 rings (SSSR count). The Bertz CT molecular complexity index is 708. The van der Waals surface area contributed by atoms with Crippen LogP contribution in [-0.4, -0.2) is 17.5 Å². The Morgan fingerprint density at radius 1 is 0.917 bits per heavy atom. The van der Waals surface area contributed by atoms with Gasteiger partial charge < -0.3 is 17.1 Å². The van der Waals surface area contributed by atoms with Gasteiger partial charge in [-0.2, -0.15) is 4.58 Å². The zero-order chi connectivity index (χ0) is 16.4. The van der Waals surface area contributed by atoms with Gasteiger partial charge in [-0.3, -0.25) is 0 Å². The van der Waals surface area contributed by atoms with Crippen molar-refractivity contribution in [2.24, 2.45) is 0 Å². The van der Waals surface area contributed by atoms with E-state index in [2.05, 4.69) is 74.7 Å². The predicted molar refractivity (Wildman–Crippen MR) is 96.2 cm³/mol. The third kappa shape index (κ3) is 3.64. The second-order valence-corrected chi connectivity index (χ2v) is 6.87. The van der Waals surface area contributed by atoms with E-state index >= 15 is 0 Å². The third-order valence-corrected chi connectivity index (χ3v) is 4.54. The number of hydrogen-bond acceptors (Lipinski definition) is 1. The van der Waals surface area contributed by atoms with Crippen LogP contribution in [0.25, 0.3) is 0 Å². The van der Waals surface area contributed by atoms with Crippen molar-refractivity contribution in [3.8, 4) is 5.75 Å². The molecule has 0 aliphatic carbocycles. The summed E-state index contributed by atoms with van der Waals surface area (Å²) in [6, 6.07) is 15.1. The van der Waals surface area contributed by atoms with Crippen LogP contribution in [0.15, 0.2) is 42.5 Å². The lowest BCUT2D eigenvalue weighted by Crippen LogP contribution is -3.00. The maximum atomic E-state index is 6.23. The van der Waals surface area contributed by atoms with Gasteiger partial charge in [0, 0.05) is 18.1 Å². The summed E-state index contributed by atoms with van der Waals surface area (Å²) in [5.41, 5.74) is 5.22. The fourth-order valence-electron chi connectivity index (χ4n) is 3.21. The molecule has 0 saturated carbocycles. The maximum absolute atomic E-state index is 6.23. The predicted octanol–water partition coefficient (Wildman–Crippen LogP) is 2.24. The molecule has 2 aromatic carbocycles. The van der Waals surface area contributed by atoms with Gasteiger partial charge in [0.2, 0.25) is 5.69 Å². The van der Waals surface area contributed by atoms with Crippen molar-refractivity contribution in [1.29, 1.82) is 0 Å². The molecule has 0 fully saturated rings. The lowest BCUT2D eigenvalue weighted by atomic mass is 9.94. The highest BCUT2D eigenvalue weighted by Crippen LogP contribution is 2.34. The third-order valence-electron chi connectivity index (χ3n) is 4.54. The molecule has 1 aliphatic heterocycles. The molecule has 1 aliphatic rings. The van der Waals surface area contributed by atoms with Gasteiger partial charge in [0.1, 0.15) is 5.75 Å². The molecule has 0 radical (unpaired) electrons. The van der Waals surface area contributed by atoms with Crippen molar-refractivity contribution in [3.05, 3.63) is 59.2 Å². The van der Waals surface area contributed by atoms with E-state index < -0.39 is 0 Å². The lowest BCUT2D eigenvalue weighted by Gasteiger charge is -2.17. The summed E-state index contributed by atoms with van der Waals surface area (Å²) >= 11 is 0. The summed E-state index contributed by atoms with van der Waals surface area (Å²) in [6.07, 6.45) is 2.98. The van der Waals surface area contributed by atoms with E-state index in [0.717, 1.165) is 18.7 Å². The summed E-state index contributed by atoms with van der Waals surface area (Å²) in [5, 5.41) is 0. The summed E-state index contributed by atoms with van der Waals surface area (Å²) in [6.45, 7) is 9.87. The molecule has 0 N–H and O–H groups in total. The van der Waals surface area contributed by atoms with Gasteiger partial charge in [-0.1, -0.05) is 64.1 Å². The normalized spacial score (nSPS) is 14.8. The Labute approximate surface area is 151 Å². The van der Waals surface area contributed by atoms with E-state index in [1.807, 2.05) is 6.40 Å². The first-order chi connectivity index (χ1) is 11.1. The van der Waals surface area contributed by atoms with Crippen molar-refractivity contribution in [2.75, 3.05) is 6.54 Å². The molecule has 3 heteroatoms. The van der Waals surface area contributed by atoms with Crippen LogP contribution in [0, 0.1) is 0 Å². The number of fused-ring (bicyclic) bond motifs is 1. The Morgan fingerprint density at radius 3 is 2.17 bits per heavy atom. The lowest BCUT2D eigenvalue weighted by molar-refractivity contribution is -0.431. The van der Waals surface area contributed by atoms with E-state index in [0.29, 0.717) is 11.8 Å². The number of halogens is 1. The second kappa shape index (κ2) is 7.85. The van der Waals surface area contributed by atoms with Crippen LogP contribution in [0.1, 0.15) is 56.2 Å². The van der Waals surface area contributed by atoms with Gasteiger partial charge in [-0.15, -0.1) is 0 Å². The zero-order valence-electron chi connectivity index (χ0n) is 14.9. The molecule has 2 aromatic rings. The van der Waals surface area contributed by atoms with E-state index in [-0.39, 0.29) is 12.4 Å². The van der Waals surface area contributed by atoms with E-state index in [1.165, 1.54) is 22.4 Å². The maximum Gasteiger partial charge on any atom is 0.335 e. The molecule has 0 atom stereocenters. The fraction of sp³-hybridized carbons (Fsp3) is 0.381. The summed E-state index contributed by atoms with van der Waals surface area (Å²) in [4.78, 5) is 0. The smallest absolute Gasteiger partial charge is 0.335 e. The number of ether oxygens (including phenoxy) is 1. The average Bonchev–Trinajstić information content (AvgIpc) is 2.95. The van der Waals surface area contributed by atoms with Gasteiger partial charge in [0.05, 0.1) is 0 Å². The van der Waals surface area contributed by atoms with E-state index in [4.69, 9.17) is 4.74 Å². The number of rotatable bonds is 4. The quantitative estimate of drug-likeness (QED) is 0.612. The van der Waals surface area contributed by atoms with Crippen LogP contribution in [0.4, 0.5) is 5.69 Å². The minimum Gasteiger partial charge on any atom is -1.00 e. The van der Waals surface area contributed by atoms with Crippen molar-refractivity contribution in [2.45, 2.75) is 46.0 Å². The molecule has 24 heavy (non-hydrogen) atoms. The van der Waals surface area contributed by atoms with E-state index in [1.54, 1.807) is 0 Å². The van der Waals surface area contributed by atoms with Crippen LogP contribution in [0.2, 0.25) is 0 Å². The Balaban J connectivity index is 0.00000208. The largest absolute Gasteiger partial charge is 1.00 e. The van der Waals surface area contributed by atoms with E-state index in [9.17, 15) is 0 Å². The molecule has 0 unspecified atom stereocenters. The monoisotopic (exact) mass is 343 g/mol. The molecular weight excluding hydrogens is 318 g/mol. The van der Waals surface area contributed by atoms with Crippen molar-refractivity contribution in [1.82, 2.24) is 0 Å². The zero-order valence-corrected chi connectivity index (χ0v) is 15.7. The average molecular weight is 344 g/mol. The highest BCUT2D eigenvalue weighted by molar-refractivity contribution is 5.57. The minimum absolute atomic E-state index is 0. The Morgan fingerprint density at radius 2 is 1.54 bits per heavy atom. The fourth-order valence-corrected chi connectivity index (χ4v) is 3.21. The van der Waals surface area contributed by atoms with Gasteiger partial charge in [0.25, 0.3) is 0 Å². The SMILES string of the molecule is CC(C)c1cccc(C(C)C)c1OC=[N+]1CCc2ccccc21.[Cl-]. The minimum atomic E-state index is 0. The van der Waals surface area contributed by atoms with Crippen LogP contribution >= 0.6 is 0 Å². The van der Waals surface area contributed by atoms with Crippen molar-refractivity contribution < 1.29 is 21.7 Å². The molecule has 0 bridgehead atoms. The summed E-state index contributed by atoms with van der Waals surface area (Å²) in [5.74, 6) is 1.92. The summed E-state index contributed by atoms with van der Waals surface area (Å²) in [7, 11) is 0. The standard InChI is InChI=1S/C21H26NO.ClH/c1-15(2)18-9-7-10-19(16(3)4)21(18)23-14-22-13-12-17-8-5-6-11-20(17)22;/h5-11,14-16H,12-13H2,1-4H3;1H/q+1;/p-1. The van der Waals surface area contributed by atoms with Crippen LogP contribution < -0.4 is 17.1 Å².